The van der Waals surface area contributed by atoms with Gasteiger partial charge in [-0.05, 0) is 40.5 Å². The first-order valence-corrected chi connectivity index (χ1v) is 8.05. The van der Waals surface area contributed by atoms with Gasteiger partial charge in [-0.1, -0.05) is 6.07 Å². The molecule has 1 aromatic heterocycles. The van der Waals surface area contributed by atoms with E-state index in [4.69, 9.17) is 4.74 Å². The summed E-state index contributed by atoms with van der Waals surface area (Å²) in [5, 5.41) is 2.74. The number of methoxy groups -OCH3 is 2. The van der Waals surface area contributed by atoms with E-state index in [0.717, 1.165) is 0 Å². The number of carbonyl (C=O) groups is 2. The van der Waals surface area contributed by atoms with Crippen LogP contribution in [0.1, 0.15) is 39.5 Å². The van der Waals surface area contributed by atoms with Gasteiger partial charge < -0.3 is 14.8 Å². The second-order valence-corrected chi connectivity index (χ2v) is 5.99. The van der Waals surface area contributed by atoms with E-state index >= 15 is 0 Å². The average Bonchev–Trinajstić information content (AvgIpc) is 2.62. The average molecular weight is 411 g/mol. The topological polar surface area (TPSA) is 77.5 Å². The predicted octanol–water partition coefficient (Wildman–Crippen LogP) is 3.27. The molecule has 8 heteroatoms. The van der Waals surface area contributed by atoms with Gasteiger partial charge in [0, 0.05) is 12.1 Å². The van der Waals surface area contributed by atoms with E-state index in [-0.39, 0.29) is 17.2 Å². The smallest absolute Gasteiger partial charge is 0.356 e. The maximum absolute atomic E-state index is 13.3. The lowest BCUT2D eigenvalue weighted by Crippen LogP contribution is -2.28. The van der Waals surface area contributed by atoms with Crippen molar-refractivity contribution in [2.24, 2.45) is 0 Å². The van der Waals surface area contributed by atoms with Gasteiger partial charge in [0.15, 0.2) is 5.69 Å². The lowest BCUT2D eigenvalue weighted by Gasteiger charge is -2.15. The molecule has 1 aromatic carbocycles. The Morgan fingerprint density at radius 1 is 1.20 bits per heavy atom. The van der Waals surface area contributed by atoms with Crippen molar-refractivity contribution >= 4 is 27.8 Å². The number of ether oxygens (including phenoxy) is 2. The van der Waals surface area contributed by atoms with Gasteiger partial charge in [0.1, 0.15) is 17.3 Å². The van der Waals surface area contributed by atoms with Crippen molar-refractivity contribution in [2.45, 2.75) is 13.0 Å². The Morgan fingerprint density at radius 3 is 2.48 bits per heavy atom. The summed E-state index contributed by atoms with van der Waals surface area (Å²) in [5.74, 6) is -1.27. The molecule has 1 atom stereocenters. The third kappa shape index (κ3) is 4.54. The molecule has 0 bridgehead atoms. The van der Waals surface area contributed by atoms with E-state index in [9.17, 15) is 14.0 Å². The lowest BCUT2D eigenvalue weighted by atomic mass is 10.1. The van der Waals surface area contributed by atoms with Crippen LogP contribution in [0.3, 0.4) is 0 Å². The molecule has 0 unspecified atom stereocenters. The molecule has 0 aliphatic rings. The van der Waals surface area contributed by atoms with E-state index in [1.165, 1.54) is 32.4 Å². The fourth-order valence-electron chi connectivity index (χ4n) is 2.08. The van der Waals surface area contributed by atoms with E-state index in [2.05, 4.69) is 31.0 Å². The molecule has 6 nitrogen and oxygen atoms in total. The molecule has 2 aromatic rings. The summed E-state index contributed by atoms with van der Waals surface area (Å²) >= 11 is 3.11. The second kappa shape index (κ2) is 8.06. The maximum Gasteiger partial charge on any atom is 0.356 e. The highest BCUT2D eigenvalue weighted by molar-refractivity contribution is 9.10. The SMILES string of the molecule is COC(=O)c1cc(OC)cc(C(=O)N[C@H](C)c2ccc(F)c(Br)c2)n1. The number of benzene rings is 1. The molecule has 0 spiro atoms. The minimum absolute atomic E-state index is 0.00720. The molecular weight excluding hydrogens is 395 g/mol. The Labute approximate surface area is 152 Å². The van der Waals surface area contributed by atoms with Crippen LogP contribution >= 0.6 is 15.9 Å². The minimum Gasteiger partial charge on any atom is -0.497 e. The molecule has 0 aliphatic heterocycles. The van der Waals surface area contributed by atoms with Crippen LogP contribution in [0, 0.1) is 5.82 Å². The number of amides is 1. The summed E-state index contributed by atoms with van der Waals surface area (Å²) in [6.45, 7) is 1.75. The number of nitrogens with one attached hydrogen (secondary N) is 1. The number of carbonyl (C=O) groups excluding carboxylic acids is 2. The molecule has 0 saturated heterocycles. The number of hydrogen-bond acceptors (Lipinski definition) is 5. The summed E-state index contributed by atoms with van der Waals surface area (Å²) in [5.41, 5.74) is 0.676. The Hall–Kier alpha value is -2.48. The second-order valence-electron chi connectivity index (χ2n) is 5.14. The van der Waals surface area contributed by atoms with Crippen LogP contribution in [0.2, 0.25) is 0 Å². The van der Waals surface area contributed by atoms with E-state index in [1.54, 1.807) is 19.1 Å². The molecule has 25 heavy (non-hydrogen) atoms. The zero-order valence-electron chi connectivity index (χ0n) is 13.8. The van der Waals surface area contributed by atoms with Crippen molar-refractivity contribution in [2.75, 3.05) is 14.2 Å². The number of rotatable bonds is 5. The summed E-state index contributed by atoms with van der Waals surface area (Å²) in [7, 11) is 2.63. The van der Waals surface area contributed by atoms with E-state index in [0.29, 0.717) is 15.8 Å². The number of hydrogen-bond donors (Lipinski definition) is 1. The van der Waals surface area contributed by atoms with Gasteiger partial charge in [0.25, 0.3) is 5.91 Å². The number of pyridine rings is 1. The first kappa shape index (κ1) is 18.9. The Morgan fingerprint density at radius 2 is 1.88 bits per heavy atom. The normalized spacial score (nSPS) is 11.6. The van der Waals surface area contributed by atoms with E-state index < -0.39 is 17.9 Å². The molecule has 0 fully saturated rings. The Balaban J connectivity index is 2.24. The zero-order valence-corrected chi connectivity index (χ0v) is 15.4. The Bertz CT molecular complexity index is 813. The third-order valence-electron chi connectivity index (χ3n) is 3.45. The zero-order chi connectivity index (χ0) is 18.6. The molecule has 0 saturated carbocycles. The molecule has 0 radical (unpaired) electrons. The fraction of sp³-hybridized carbons (Fsp3) is 0.235. The van der Waals surface area contributed by atoms with Crippen LogP contribution in [0.25, 0.3) is 0 Å². The highest BCUT2D eigenvalue weighted by atomic mass is 79.9. The van der Waals surface area contributed by atoms with Crippen LogP contribution in [-0.4, -0.2) is 31.1 Å². The van der Waals surface area contributed by atoms with Crippen LogP contribution in [0.4, 0.5) is 4.39 Å². The van der Waals surface area contributed by atoms with Gasteiger partial charge >= 0.3 is 5.97 Å². The van der Waals surface area contributed by atoms with Crippen LogP contribution < -0.4 is 10.1 Å². The molecule has 132 valence electrons. The van der Waals surface area contributed by atoms with Crippen molar-refractivity contribution in [3.63, 3.8) is 0 Å². The van der Waals surface area contributed by atoms with Crippen LogP contribution in [-0.2, 0) is 4.74 Å². The molecule has 1 amide bonds. The summed E-state index contributed by atoms with van der Waals surface area (Å²) < 4.78 is 23.3. The fourth-order valence-corrected chi connectivity index (χ4v) is 2.48. The maximum atomic E-state index is 13.3. The standard InChI is InChI=1S/C17H16BrFN2O4/c1-9(10-4-5-13(19)12(18)6-10)20-16(22)14-7-11(24-2)8-15(21-14)17(23)25-3/h4-9H,1-3H3,(H,20,22)/t9-/m1/s1. The first-order chi connectivity index (χ1) is 11.8. The third-order valence-corrected chi connectivity index (χ3v) is 4.06. The van der Waals surface area contributed by atoms with Crippen molar-refractivity contribution in [3.05, 3.63) is 57.6 Å². The van der Waals surface area contributed by atoms with Crippen LogP contribution in [0.15, 0.2) is 34.8 Å². The van der Waals surface area contributed by atoms with Crippen LogP contribution in [0.5, 0.6) is 5.75 Å². The predicted molar refractivity (Wildman–Crippen MR) is 92.1 cm³/mol. The Kier molecular flexibility index (Phi) is 6.08. The first-order valence-electron chi connectivity index (χ1n) is 7.26. The summed E-state index contributed by atoms with van der Waals surface area (Å²) in [6.07, 6.45) is 0. The number of halogens is 2. The quantitative estimate of drug-likeness (QED) is 0.765. The van der Waals surface area contributed by atoms with Crippen molar-refractivity contribution in [1.29, 1.82) is 0 Å². The molecule has 1 heterocycles. The molecular formula is C17H16BrFN2O4. The number of aromatic nitrogens is 1. The van der Waals surface area contributed by atoms with Gasteiger partial charge in [-0.3, -0.25) is 4.79 Å². The van der Waals surface area contributed by atoms with Gasteiger partial charge in [0.2, 0.25) is 0 Å². The van der Waals surface area contributed by atoms with Crippen molar-refractivity contribution in [1.82, 2.24) is 10.3 Å². The molecule has 0 aliphatic carbocycles. The highest BCUT2D eigenvalue weighted by Gasteiger charge is 2.18. The number of esters is 1. The summed E-state index contributed by atoms with van der Waals surface area (Å²) in [6, 6.07) is 6.85. The minimum atomic E-state index is -0.677. The van der Waals surface area contributed by atoms with Gasteiger partial charge in [-0.15, -0.1) is 0 Å². The highest BCUT2D eigenvalue weighted by Crippen LogP contribution is 2.22. The number of nitrogens with zero attached hydrogens (tertiary/aromatic N) is 1. The van der Waals surface area contributed by atoms with Gasteiger partial charge in [-0.2, -0.15) is 0 Å². The van der Waals surface area contributed by atoms with Crippen molar-refractivity contribution < 1.29 is 23.5 Å². The summed E-state index contributed by atoms with van der Waals surface area (Å²) in [4.78, 5) is 28.1. The molecule has 1 N–H and O–H groups in total. The van der Waals surface area contributed by atoms with Gasteiger partial charge in [0.05, 0.1) is 24.7 Å². The molecule has 2 rings (SSSR count). The lowest BCUT2D eigenvalue weighted by molar-refractivity contribution is 0.0593. The largest absolute Gasteiger partial charge is 0.497 e. The van der Waals surface area contributed by atoms with E-state index in [1.807, 2.05) is 0 Å². The van der Waals surface area contributed by atoms with Gasteiger partial charge in [-0.25, -0.2) is 14.2 Å². The monoisotopic (exact) mass is 410 g/mol. The van der Waals surface area contributed by atoms with Crippen molar-refractivity contribution in [3.8, 4) is 5.75 Å².